The molecule has 1 aliphatic heterocycles. The Labute approximate surface area is 123 Å². The minimum absolute atomic E-state index is 0.0373. The summed E-state index contributed by atoms with van der Waals surface area (Å²) in [5, 5.41) is 3.10. The molecule has 3 rings (SSSR count). The Kier molecular flexibility index (Phi) is 4.19. The van der Waals surface area contributed by atoms with E-state index >= 15 is 0 Å². The van der Waals surface area contributed by atoms with Crippen LogP contribution in [0.4, 0.5) is 8.78 Å². The van der Waals surface area contributed by atoms with Gasteiger partial charge in [-0.25, -0.2) is 8.78 Å². The van der Waals surface area contributed by atoms with E-state index in [4.69, 9.17) is 0 Å². The Hall–Kier alpha value is -1.49. The minimum Gasteiger partial charge on any atom is -0.322 e. The van der Waals surface area contributed by atoms with Crippen molar-refractivity contribution in [2.45, 2.75) is 38.3 Å². The van der Waals surface area contributed by atoms with E-state index in [-0.39, 0.29) is 18.6 Å². The van der Waals surface area contributed by atoms with Crippen LogP contribution in [0.15, 0.2) is 18.2 Å². The number of hydrogen-bond donors (Lipinski definition) is 1. The van der Waals surface area contributed by atoms with Crippen LogP contribution in [0.25, 0.3) is 0 Å². The van der Waals surface area contributed by atoms with Crippen molar-refractivity contribution in [3.05, 3.63) is 35.4 Å². The van der Waals surface area contributed by atoms with Crippen LogP contribution in [0.2, 0.25) is 0 Å². The van der Waals surface area contributed by atoms with Crippen molar-refractivity contribution in [2.24, 2.45) is 5.92 Å². The van der Waals surface area contributed by atoms with Gasteiger partial charge in [-0.3, -0.25) is 10.1 Å². The summed E-state index contributed by atoms with van der Waals surface area (Å²) in [5.41, 5.74) is 0.607. The quantitative estimate of drug-likeness (QED) is 0.929. The molecule has 1 amide bonds. The molecule has 0 radical (unpaired) electrons. The van der Waals surface area contributed by atoms with Crippen LogP contribution >= 0.6 is 0 Å². The normalized spacial score (nSPS) is 23.8. The molecule has 5 heteroatoms. The molecule has 114 valence electrons. The number of amides is 1. The predicted molar refractivity (Wildman–Crippen MR) is 75.4 cm³/mol. The molecule has 1 N–H and O–H groups in total. The highest BCUT2D eigenvalue weighted by Gasteiger charge is 2.33. The monoisotopic (exact) mass is 294 g/mol. The number of carbonyl (C=O) groups excluding carboxylic acids is 1. The third kappa shape index (κ3) is 3.07. The third-order valence-electron chi connectivity index (χ3n) is 4.52. The van der Waals surface area contributed by atoms with Gasteiger partial charge in [0.1, 0.15) is 6.17 Å². The number of nitrogens with one attached hydrogen (secondary N) is 1. The van der Waals surface area contributed by atoms with E-state index in [0.717, 1.165) is 18.9 Å². The number of benzene rings is 1. The first-order valence-electron chi connectivity index (χ1n) is 7.63. The maximum atomic E-state index is 13.4. The van der Waals surface area contributed by atoms with E-state index in [9.17, 15) is 13.6 Å². The van der Waals surface area contributed by atoms with E-state index in [1.54, 1.807) is 11.0 Å². The van der Waals surface area contributed by atoms with Crippen LogP contribution < -0.4 is 5.32 Å². The average molecular weight is 294 g/mol. The Morgan fingerprint density at radius 1 is 1.14 bits per heavy atom. The predicted octanol–water partition coefficient (Wildman–Crippen LogP) is 2.98. The Morgan fingerprint density at radius 3 is 2.62 bits per heavy atom. The van der Waals surface area contributed by atoms with Crippen molar-refractivity contribution >= 4 is 5.91 Å². The molecular formula is C16H20F2N2O. The zero-order valence-corrected chi connectivity index (χ0v) is 11.9. The summed E-state index contributed by atoms with van der Waals surface area (Å²) >= 11 is 0. The van der Waals surface area contributed by atoms with Gasteiger partial charge in [0.2, 0.25) is 5.91 Å². The van der Waals surface area contributed by atoms with Gasteiger partial charge < -0.3 is 4.90 Å². The molecule has 0 bridgehead atoms. The van der Waals surface area contributed by atoms with Crippen LogP contribution in [0.5, 0.6) is 0 Å². The van der Waals surface area contributed by atoms with Crippen molar-refractivity contribution in [1.29, 1.82) is 0 Å². The summed E-state index contributed by atoms with van der Waals surface area (Å²) in [5.74, 6) is -1.17. The molecule has 2 aliphatic rings. The second kappa shape index (κ2) is 6.10. The molecule has 1 aliphatic carbocycles. The fraction of sp³-hybridized carbons (Fsp3) is 0.562. The second-order valence-corrected chi connectivity index (χ2v) is 6.01. The van der Waals surface area contributed by atoms with Gasteiger partial charge in [0.25, 0.3) is 0 Å². The van der Waals surface area contributed by atoms with Crippen molar-refractivity contribution < 1.29 is 13.6 Å². The third-order valence-corrected chi connectivity index (χ3v) is 4.52. The van der Waals surface area contributed by atoms with E-state index in [0.29, 0.717) is 18.0 Å². The van der Waals surface area contributed by atoms with Crippen molar-refractivity contribution in [1.82, 2.24) is 10.2 Å². The molecule has 2 fully saturated rings. The van der Waals surface area contributed by atoms with Crippen LogP contribution in [-0.4, -0.2) is 23.9 Å². The summed E-state index contributed by atoms with van der Waals surface area (Å²) in [6.07, 6.45) is 5.67. The lowest BCUT2D eigenvalue weighted by Crippen LogP contribution is -2.35. The number of carbonyl (C=O) groups is 1. The lowest BCUT2D eigenvalue weighted by Gasteiger charge is -2.31. The van der Waals surface area contributed by atoms with Gasteiger partial charge in [0.05, 0.1) is 6.54 Å². The Bertz CT molecular complexity index is 529. The lowest BCUT2D eigenvalue weighted by atomic mass is 9.89. The molecule has 3 nitrogen and oxygen atoms in total. The summed E-state index contributed by atoms with van der Waals surface area (Å²) < 4.78 is 26.5. The van der Waals surface area contributed by atoms with E-state index in [1.807, 2.05) is 0 Å². The molecule has 0 aromatic heterocycles. The standard InChI is InChI=1S/C16H20F2N2O/c17-13-7-6-12(8-14(13)18)16-19-9-15(21)20(16)10-11-4-2-1-3-5-11/h6-8,11,16,19H,1-5,9-10H2. The molecule has 1 aromatic carbocycles. The van der Waals surface area contributed by atoms with E-state index < -0.39 is 11.6 Å². The highest BCUT2D eigenvalue weighted by atomic mass is 19.2. The first-order valence-corrected chi connectivity index (χ1v) is 7.63. The average Bonchev–Trinajstić information content (AvgIpc) is 2.85. The summed E-state index contributed by atoms with van der Waals surface area (Å²) in [7, 11) is 0. The number of nitrogens with zero attached hydrogens (tertiary/aromatic N) is 1. The van der Waals surface area contributed by atoms with Crippen molar-refractivity contribution in [3.63, 3.8) is 0 Å². The Balaban J connectivity index is 1.76. The molecular weight excluding hydrogens is 274 g/mol. The number of hydrogen-bond acceptors (Lipinski definition) is 2. The fourth-order valence-electron chi connectivity index (χ4n) is 3.38. The molecule has 0 spiro atoms. The van der Waals surface area contributed by atoms with Crippen LogP contribution in [0.1, 0.15) is 43.8 Å². The first kappa shape index (κ1) is 14.4. The molecule has 21 heavy (non-hydrogen) atoms. The van der Waals surface area contributed by atoms with Gasteiger partial charge in [-0.15, -0.1) is 0 Å². The minimum atomic E-state index is -0.869. The zero-order valence-electron chi connectivity index (χ0n) is 11.9. The van der Waals surface area contributed by atoms with E-state index in [1.165, 1.54) is 25.3 Å². The zero-order chi connectivity index (χ0) is 14.8. The molecule has 1 saturated carbocycles. The maximum absolute atomic E-state index is 13.4. The Morgan fingerprint density at radius 2 is 1.90 bits per heavy atom. The topological polar surface area (TPSA) is 32.3 Å². The highest BCUT2D eigenvalue weighted by Crippen LogP contribution is 2.29. The molecule has 1 atom stereocenters. The van der Waals surface area contributed by atoms with Gasteiger partial charge in [-0.2, -0.15) is 0 Å². The number of halogens is 2. The largest absolute Gasteiger partial charge is 0.322 e. The van der Waals surface area contributed by atoms with Crippen LogP contribution in [0, 0.1) is 17.6 Å². The SMILES string of the molecule is O=C1CNC(c2ccc(F)c(F)c2)N1CC1CCCCC1. The summed E-state index contributed by atoms with van der Waals surface area (Å²) in [6, 6.07) is 3.84. The van der Waals surface area contributed by atoms with Crippen molar-refractivity contribution in [3.8, 4) is 0 Å². The van der Waals surface area contributed by atoms with Gasteiger partial charge in [0.15, 0.2) is 11.6 Å². The maximum Gasteiger partial charge on any atom is 0.238 e. The second-order valence-electron chi connectivity index (χ2n) is 6.01. The van der Waals surface area contributed by atoms with Gasteiger partial charge in [-0.1, -0.05) is 25.3 Å². The molecule has 1 aromatic rings. The lowest BCUT2D eigenvalue weighted by molar-refractivity contribution is -0.128. The molecule has 1 heterocycles. The summed E-state index contributed by atoms with van der Waals surface area (Å²) in [6.45, 7) is 0.964. The highest BCUT2D eigenvalue weighted by molar-refractivity contribution is 5.81. The smallest absolute Gasteiger partial charge is 0.238 e. The first-order chi connectivity index (χ1) is 10.1. The molecule has 1 saturated heterocycles. The van der Waals surface area contributed by atoms with E-state index in [2.05, 4.69) is 5.32 Å². The van der Waals surface area contributed by atoms with Gasteiger partial charge in [-0.05, 0) is 36.5 Å². The van der Waals surface area contributed by atoms with Gasteiger partial charge >= 0.3 is 0 Å². The van der Waals surface area contributed by atoms with Crippen LogP contribution in [0.3, 0.4) is 0 Å². The van der Waals surface area contributed by atoms with Crippen molar-refractivity contribution in [2.75, 3.05) is 13.1 Å². The van der Waals surface area contributed by atoms with Gasteiger partial charge in [0, 0.05) is 6.54 Å². The number of rotatable bonds is 3. The van der Waals surface area contributed by atoms with Crippen LogP contribution in [-0.2, 0) is 4.79 Å². The summed E-state index contributed by atoms with van der Waals surface area (Å²) in [4.78, 5) is 13.9. The molecule has 1 unspecified atom stereocenters. The fourth-order valence-corrected chi connectivity index (χ4v) is 3.38.